The van der Waals surface area contributed by atoms with Crippen LogP contribution in [0.15, 0.2) is 12.1 Å². The molecule has 118 valence electrons. The average molecular weight is 297 g/mol. The molecule has 1 aromatic rings. The predicted octanol–water partition coefficient (Wildman–Crippen LogP) is 3.62. The first-order chi connectivity index (χ1) is 10.0. The Morgan fingerprint density at radius 3 is 2.48 bits per heavy atom. The molecule has 6 nitrogen and oxygen atoms in total. The van der Waals surface area contributed by atoms with Crippen LogP contribution < -0.4 is 9.47 Å². The van der Waals surface area contributed by atoms with E-state index in [1.807, 2.05) is 13.8 Å². The standard InChI is InChI=1S/C15H23NO5/c1-4-7-13(17)11-9-12(16(18)19)15(21-8-5-2)14(10-11)20-6-3/h9-10,13,17H,4-8H2,1-3H3. The lowest BCUT2D eigenvalue weighted by Crippen LogP contribution is -2.06. The number of hydrogen-bond donors (Lipinski definition) is 1. The molecule has 0 saturated carbocycles. The summed E-state index contributed by atoms with van der Waals surface area (Å²) < 4.78 is 10.9. The van der Waals surface area contributed by atoms with Gasteiger partial charge in [-0.05, 0) is 31.4 Å². The molecule has 0 aromatic heterocycles. The quantitative estimate of drug-likeness (QED) is 0.556. The molecular weight excluding hydrogens is 274 g/mol. The number of aliphatic hydroxyl groups is 1. The summed E-state index contributed by atoms with van der Waals surface area (Å²) in [6.45, 7) is 6.40. The van der Waals surface area contributed by atoms with Crippen molar-refractivity contribution in [2.24, 2.45) is 0 Å². The minimum absolute atomic E-state index is 0.135. The van der Waals surface area contributed by atoms with E-state index in [9.17, 15) is 15.2 Å². The third-order valence-corrected chi connectivity index (χ3v) is 2.95. The fraction of sp³-hybridized carbons (Fsp3) is 0.600. The number of nitro benzene ring substituents is 1. The molecule has 0 heterocycles. The van der Waals surface area contributed by atoms with Crippen LogP contribution in [-0.4, -0.2) is 23.2 Å². The molecule has 0 aliphatic heterocycles. The van der Waals surface area contributed by atoms with Gasteiger partial charge in [-0.3, -0.25) is 10.1 Å². The van der Waals surface area contributed by atoms with Crippen LogP contribution in [0.2, 0.25) is 0 Å². The molecule has 6 heteroatoms. The van der Waals surface area contributed by atoms with Gasteiger partial charge in [0.1, 0.15) is 0 Å². The Balaban J connectivity index is 3.29. The Labute approximate surface area is 124 Å². The fourth-order valence-electron chi connectivity index (χ4n) is 1.99. The molecule has 0 amide bonds. The van der Waals surface area contributed by atoms with Gasteiger partial charge >= 0.3 is 5.69 Å². The highest BCUT2D eigenvalue weighted by Crippen LogP contribution is 2.40. The second-order valence-corrected chi connectivity index (χ2v) is 4.71. The number of benzene rings is 1. The normalized spacial score (nSPS) is 12.0. The van der Waals surface area contributed by atoms with Crippen LogP contribution in [-0.2, 0) is 0 Å². The molecule has 0 aliphatic carbocycles. The van der Waals surface area contributed by atoms with E-state index in [0.717, 1.165) is 12.8 Å². The lowest BCUT2D eigenvalue weighted by Gasteiger charge is -2.16. The molecule has 1 aromatic carbocycles. The van der Waals surface area contributed by atoms with Crippen molar-refractivity contribution in [2.45, 2.75) is 46.1 Å². The maximum Gasteiger partial charge on any atom is 0.315 e. The first-order valence-electron chi connectivity index (χ1n) is 7.31. The number of nitro groups is 1. The molecule has 1 N–H and O–H groups in total. The molecule has 21 heavy (non-hydrogen) atoms. The van der Waals surface area contributed by atoms with Crippen LogP contribution in [0.4, 0.5) is 5.69 Å². The summed E-state index contributed by atoms with van der Waals surface area (Å²) in [4.78, 5) is 10.8. The summed E-state index contributed by atoms with van der Waals surface area (Å²) in [5, 5.41) is 21.3. The van der Waals surface area contributed by atoms with Gasteiger partial charge in [-0.1, -0.05) is 20.3 Å². The highest BCUT2D eigenvalue weighted by Gasteiger charge is 2.24. The van der Waals surface area contributed by atoms with Gasteiger partial charge in [-0.2, -0.15) is 0 Å². The predicted molar refractivity (Wildman–Crippen MR) is 79.9 cm³/mol. The summed E-state index contributed by atoms with van der Waals surface area (Å²) in [7, 11) is 0. The summed E-state index contributed by atoms with van der Waals surface area (Å²) in [6.07, 6.45) is 1.32. The van der Waals surface area contributed by atoms with Crippen LogP contribution in [0.5, 0.6) is 11.5 Å². The van der Waals surface area contributed by atoms with Crippen LogP contribution in [0.3, 0.4) is 0 Å². The lowest BCUT2D eigenvalue weighted by atomic mass is 10.0. The van der Waals surface area contributed by atoms with Gasteiger partial charge in [-0.25, -0.2) is 0 Å². The zero-order chi connectivity index (χ0) is 15.8. The SMILES string of the molecule is CCCOc1c(OCC)cc(C(O)CCC)cc1[N+](=O)[O-]. The van der Waals surface area contributed by atoms with E-state index >= 15 is 0 Å². The van der Waals surface area contributed by atoms with Crippen molar-refractivity contribution >= 4 is 5.69 Å². The van der Waals surface area contributed by atoms with E-state index in [0.29, 0.717) is 30.9 Å². The van der Waals surface area contributed by atoms with Crippen molar-refractivity contribution in [1.29, 1.82) is 0 Å². The maximum atomic E-state index is 11.3. The van der Waals surface area contributed by atoms with E-state index in [1.54, 1.807) is 13.0 Å². The zero-order valence-corrected chi connectivity index (χ0v) is 12.8. The maximum absolute atomic E-state index is 11.3. The van der Waals surface area contributed by atoms with Gasteiger partial charge in [0.25, 0.3) is 0 Å². The first kappa shape index (κ1) is 17.2. The topological polar surface area (TPSA) is 81.8 Å². The number of rotatable bonds is 9. The molecule has 1 rings (SSSR count). The molecule has 0 bridgehead atoms. The average Bonchev–Trinajstić information content (AvgIpc) is 2.45. The minimum Gasteiger partial charge on any atom is -0.490 e. The highest BCUT2D eigenvalue weighted by molar-refractivity contribution is 5.58. The molecule has 1 atom stereocenters. The zero-order valence-electron chi connectivity index (χ0n) is 12.8. The number of nitrogens with zero attached hydrogens (tertiary/aromatic N) is 1. The Morgan fingerprint density at radius 1 is 1.24 bits per heavy atom. The van der Waals surface area contributed by atoms with Crippen LogP contribution in [0.1, 0.15) is 51.7 Å². The van der Waals surface area contributed by atoms with Crippen molar-refractivity contribution < 1.29 is 19.5 Å². The second kappa shape index (κ2) is 8.46. The highest BCUT2D eigenvalue weighted by atomic mass is 16.6. The largest absolute Gasteiger partial charge is 0.490 e. The Kier molecular flexibility index (Phi) is 6.94. The summed E-state index contributed by atoms with van der Waals surface area (Å²) in [6, 6.07) is 3.00. The van der Waals surface area contributed by atoms with Crippen LogP contribution in [0.25, 0.3) is 0 Å². The smallest absolute Gasteiger partial charge is 0.315 e. The molecule has 0 spiro atoms. The van der Waals surface area contributed by atoms with Crippen molar-refractivity contribution in [1.82, 2.24) is 0 Å². The molecule has 0 fully saturated rings. The minimum atomic E-state index is -0.742. The van der Waals surface area contributed by atoms with E-state index in [2.05, 4.69) is 0 Å². The van der Waals surface area contributed by atoms with E-state index in [4.69, 9.17) is 9.47 Å². The van der Waals surface area contributed by atoms with Crippen LogP contribution in [0, 0.1) is 10.1 Å². The third-order valence-electron chi connectivity index (χ3n) is 2.95. The molecule has 0 radical (unpaired) electrons. The third kappa shape index (κ3) is 4.60. The molecule has 0 aliphatic rings. The summed E-state index contributed by atoms with van der Waals surface area (Å²) in [5.41, 5.74) is 0.315. The van der Waals surface area contributed by atoms with Crippen molar-refractivity contribution in [2.75, 3.05) is 13.2 Å². The molecule has 1 unspecified atom stereocenters. The summed E-state index contributed by atoms with van der Waals surface area (Å²) in [5.74, 6) is 0.446. The second-order valence-electron chi connectivity index (χ2n) is 4.71. The molecular formula is C15H23NO5. The van der Waals surface area contributed by atoms with E-state index in [-0.39, 0.29) is 11.4 Å². The lowest BCUT2D eigenvalue weighted by molar-refractivity contribution is -0.386. The van der Waals surface area contributed by atoms with E-state index < -0.39 is 11.0 Å². The van der Waals surface area contributed by atoms with Crippen molar-refractivity contribution in [3.8, 4) is 11.5 Å². The molecule has 0 saturated heterocycles. The van der Waals surface area contributed by atoms with Gasteiger partial charge in [0.2, 0.25) is 5.75 Å². The first-order valence-corrected chi connectivity index (χ1v) is 7.31. The Hall–Kier alpha value is -1.82. The van der Waals surface area contributed by atoms with Gasteiger partial charge in [0.15, 0.2) is 5.75 Å². The number of hydrogen-bond acceptors (Lipinski definition) is 5. The van der Waals surface area contributed by atoms with Crippen LogP contribution >= 0.6 is 0 Å². The summed E-state index contributed by atoms with van der Waals surface area (Å²) >= 11 is 0. The van der Waals surface area contributed by atoms with Gasteiger partial charge in [-0.15, -0.1) is 0 Å². The monoisotopic (exact) mass is 297 g/mol. The van der Waals surface area contributed by atoms with Gasteiger partial charge in [0, 0.05) is 6.07 Å². The van der Waals surface area contributed by atoms with Crippen molar-refractivity contribution in [3.63, 3.8) is 0 Å². The number of ether oxygens (including phenoxy) is 2. The van der Waals surface area contributed by atoms with Gasteiger partial charge in [0.05, 0.1) is 24.2 Å². The van der Waals surface area contributed by atoms with Crippen molar-refractivity contribution in [3.05, 3.63) is 27.8 Å². The van der Waals surface area contributed by atoms with Gasteiger partial charge < -0.3 is 14.6 Å². The fourth-order valence-corrected chi connectivity index (χ4v) is 1.99. The van der Waals surface area contributed by atoms with E-state index in [1.165, 1.54) is 6.07 Å². The Morgan fingerprint density at radius 2 is 1.95 bits per heavy atom. The number of aliphatic hydroxyl groups excluding tert-OH is 1. The Bertz CT molecular complexity index is 475.